The molecule has 1 heterocycles. The molecule has 0 amide bonds. The third kappa shape index (κ3) is 3.34. The van der Waals surface area contributed by atoms with Crippen molar-refractivity contribution in [1.82, 2.24) is 9.71 Å². The van der Waals surface area contributed by atoms with Gasteiger partial charge in [-0.1, -0.05) is 0 Å². The van der Waals surface area contributed by atoms with E-state index in [-0.39, 0.29) is 4.90 Å². The van der Waals surface area contributed by atoms with Crippen molar-refractivity contribution < 1.29 is 8.42 Å². The molecule has 2 aromatic rings. The molecule has 8 heteroatoms. The van der Waals surface area contributed by atoms with Crippen molar-refractivity contribution >= 4 is 32.7 Å². The van der Waals surface area contributed by atoms with Gasteiger partial charge in [0.1, 0.15) is 5.01 Å². The van der Waals surface area contributed by atoms with Crippen LogP contribution in [0.1, 0.15) is 18.9 Å². The van der Waals surface area contributed by atoms with Crippen LogP contribution in [0.15, 0.2) is 34.7 Å². The van der Waals surface area contributed by atoms with Gasteiger partial charge in [-0.15, -0.1) is 11.3 Å². The maximum Gasteiger partial charge on any atom is 0.240 e. The summed E-state index contributed by atoms with van der Waals surface area (Å²) in [5.74, 6) is 0. The van der Waals surface area contributed by atoms with Gasteiger partial charge >= 0.3 is 0 Å². The molecule has 1 aromatic heterocycles. The zero-order valence-electron chi connectivity index (χ0n) is 12.0. The molecule has 0 aliphatic carbocycles. The van der Waals surface area contributed by atoms with E-state index in [1.165, 1.54) is 30.5 Å². The number of thiazole rings is 1. The minimum absolute atomic E-state index is 0.164. The van der Waals surface area contributed by atoms with Gasteiger partial charge in [-0.3, -0.25) is 0 Å². The quantitative estimate of drug-likeness (QED) is 0.730. The third-order valence-electron chi connectivity index (χ3n) is 3.02. The van der Waals surface area contributed by atoms with Crippen LogP contribution in [0.25, 0.3) is 0 Å². The Labute approximate surface area is 128 Å². The molecule has 0 fully saturated rings. The monoisotopic (exact) mass is 326 g/mol. The fraction of sp³-hybridized carbons (Fsp3) is 0.308. The van der Waals surface area contributed by atoms with Crippen LogP contribution in [0, 0.1) is 0 Å². The molecule has 0 radical (unpaired) electrons. The summed E-state index contributed by atoms with van der Waals surface area (Å²) < 4.78 is 26.0. The molecule has 21 heavy (non-hydrogen) atoms. The number of benzene rings is 1. The SMILES string of the molecule is CNS(=O)(=O)c1ccc(N)c(NC(C)(C)c2nccs2)c1. The van der Waals surface area contributed by atoms with Crippen molar-refractivity contribution in [3.05, 3.63) is 34.8 Å². The Morgan fingerprint density at radius 1 is 1.33 bits per heavy atom. The summed E-state index contributed by atoms with van der Waals surface area (Å²) in [6, 6.07) is 4.57. The predicted octanol–water partition coefficient (Wildman–Crippen LogP) is 1.98. The van der Waals surface area contributed by atoms with Crippen molar-refractivity contribution in [3.63, 3.8) is 0 Å². The average Bonchev–Trinajstić information content (AvgIpc) is 2.95. The van der Waals surface area contributed by atoms with Crippen LogP contribution >= 0.6 is 11.3 Å². The highest BCUT2D eigenvalue weighted by atomic mass is 32.2. The van der Waals surface area contributed by atoms with Crippen molar-refractivity contribution in [2.45, 2.75) is 24.3 Å². The molecular formula is C13H18N4O2S2. The summed E-state index contributed by atoms with van der Waals surface area (Å²) >= 11 is 1.52. The van der Waals surface area contributed by atoms with Gasteiger partial charge in [0.05, 0.1) is 21.8 Å². The van der Waals surface area contributed by atoms with E-state index in [1.54, 1.807) is 12.3 Å². The van der Waals surface area contributed by atoms with E-state index in [0.29, 0.717) is 11.4 Å². The first kappa shape index (κ1) is 15.7. The standard InChI is InChI=1S/C13H18N4O2S2/c1-13(2,12-16-6-7-20-12)17-11-8-9(4-5-10(11)14)21(18,19)15-3/h4-8,15,17H,14H2,1-3H3. The number of rotatable bonds is 5. The van der Waals surface area contributed by atoms with E-state index in [2.05, 4.69) is 15.0 Å². The summed E-state index contributed by atoms with van der Waals surface area (Å²) in [5.41, 5.74) is 6.53. The molecule has 2 rings (SSSR count). The van der Waals surface area contributed by atoms with E-state index < -0.39 is 15.6 Å². The molecule has 6 nitrogen and oxygen atoms in total. The maximum atomic E-state index is 11.9. The number of hydrogen-bond donors (Lipinski definition) is 3. The molecule has 0 spiro atoms. The Hall–Kier alpha value is -1.64. The minimum atomic E-state index is -3.51. The molecule has 1 aromatic carbocycles. The smallest absolute Gasteiger partial charge is 0.240 e. The molecule has 0 unspecified atom stereocenters. The van der Waals surface area contributed by atoms with Gasteiger partial charge in [0.25, 0.3) is 0 Å². The molecule has 0 atom stereocenters. The highest BCUT2D eigenvalue weighted by Gasteiger charge is 2.24. The topological polar surface area (TPSA) is 97.1 Å². The molecule has 0 saturated carbocycles. The Kier molecular flexibility index (Phi) is 4.22. The normalized spacial score (nSPS) is 12.3. The highest BCUT2D eigenvalue weighted by molar-refractivity contribution is 7.89. The minimum Gasteiger partial charge on any atom is -0.397 e. The van der Waals surface area contributed by atoms with E-state index in [4.69, 9.17) is 5.73 Å². The molecule has 0 bridgehead atoms. The number of nitrogen functional groups attached to an aromatic ring is 1. The number of nitrogens with zero attached hydrogens (tertiary/aromatic N) is 1. The average molecular weight is 326 g/mol. The summed E-state index contributed by atoms with van der Waals surface area (Å²) in [7, 11) is -2.13. The summed E-state index contributed by atoms with van der Waals surface area (Å²) in [4.78, 5) is 4.45. The van der Waals surface area contributed by atoms with Gasteiger partial charge in [0.2, 0.25) is 10.0 Å². The zero-order valence-corrected chi connectivity index (χ0v) is 13.7. The lowest BCUT2D eigenvalue weighted by Gasteiger charge is -2.26. The molecule has 0 aliphatic heterocycles. The number of sulfonamides is 1. The molecular weight excluding hydrogens is 308 g/mol. The predicted molar refractivity (Wildman–Crippen MR) is 85.9 cm³/mol. The van der Waals surface area contributed by atoms with Crippen LogP contribution in [0.3, 0.4) is 0 Å². The van der Waals surface area contributed by atoms with Crippen LogP contribution in [0.4, 0.5) is 11.4 Å². The third-order valence-corrected chi connectivity index (χ3v) is 5.53. The second kappa shape index (κ2) is 5.63. The van der Waals surface area contributed by atoms with E-state index in [9.17, 15) is 8.42 Å². The number of anilines is 2. The largest absolute Gasteiger partial charge is 0.397 e. The first-order chi connectivity index (χ1) is 9.76. The van der Waals surface area contributed by atoms with E-state index >= 15 is 0 Å². The maximum absolute atomic E-state index is 11.9. The van der Waals surface area contributed by atoms with E-state index in [1.807, 2.05) is 19.2 Å². The lowest BCUT2D eigenvalue weighted by atomic mass is 10.1. The number of nitrogens with one attached hydrogen (secondary N) is 2. The lowest BCUT2D eigenvalue weighted by molar-refractivity contribution is 0.587. The van der Waals surface area contributed by atoms with Crippen LogP contribution in [-0.2, 0) is 15.6 Å². The van der Waals surface area contributed by atoms with Crippen molar-refractivity contribution in [2.75, 3.05) is 18.1 Å². The van der Waals surface area contributed by atoms with Crippen LogP contribution < -0.4 is 15.8 Å². The molecule has 0 aliphatic rings. The van der Waals surface area contributed by atoms with Gasteiger partial charge in [-0.05, 0) is 39.1 Å². The van der Waals surface area contributed by atoms with Crippen molar-refractivity contribution in [3.8, 4) is 0 Å². The zero-order chi connectivity index (χ0) is 15.7. The van der Waals surface area contributed by atoms with Crippen LogP contribution in [-0.4, -0.2) is 20.4 Å². The van der Waals surface area contributed by atoms with Gasteiger partial charge in [-0.25, -0.2) is 18.1 Å². The molecule has 114 valence electrons. The second-order valence-corrected chi connectivity index (χ2v) is 7.82. The lowest BCUT2D eigenvalue weighted by Crippen LogP contribution is -2.28. The Morgan fingerprint density at radius 3 is 2.62 bits per heavy atom. The van der Waals surface area contributed by atoms with Crippen LogP contribution in [0.2, 0.25) is 0 Å². The van der Waals surface area contributed by atoms with Gasteiger partial charge in [-0.2, -0.15) is 0 Å². The second-order valence-electron chi connectivity index (χ2n) is 5.04. The number of nitrogens with two attached hydrogens (primary N) is 1. The Balaban J connectivity index is 2.39. The molecule has 4 N–H and O–H groups in total. The highest BCUT2D eigenvalue weighted by Crippen LogP contribution is 2.31. The van der Waals surface area contributed by atoms with Crippen LogP contribution in [0.5, 0.6) is 0 Å². The van der Waals surface area contributed by atoms with Crippen molar-refractivity contribution in [2.24, 2.45) is 0 Å². The fourth-order valence-corrected chi connectivity index (χ4v) is 3.32. The van der Waals surface area contributed by atoms with Gasteiger partial charge in [0.15, 0.2) is 0 Å². The van der Waals surface area contributed by atoms with E-state index in [0.717, 1.165) is 5.01 Å². The summed E-state index contributed by atoms with van der Waals surface area (Å²) in [6.45, 7) is 3.93. The van der Waals surface area contributed by atoms with Crippen molar-refractivity contribution in [1.29, 1.82) is 0 Å². The Morgan fingerprint density at radius 2 is 2.05 bits per heavy atom. The first-order valence-electron chi connectivity index (χ1n) is 6.27. The Bertz CT molecular complexity index is 725. The molecule has 0 saturated heterocycles. The number of hydrogen-bond acceptors (Lipinski definition) is 6. The van der Waals surface area contributed by atoms with Gasteiger partial charge in [0, 0.05) is 11.6 Å². The fourth-order valence-electron chi connectivity index (χ4n) is 1.85. The first-order valence-corrected chi connectivity index (χ1v) is 8.64. The van der Waals surface area contributed by atoms with Gasteiger partial charge < -0.3 is 11.1 Å². The summed E-state index contributed by atoms with van der Waals surface area (Å²) in [6.07, 6.45) is 1.73. The summed E-state index contributed by atoms with van der Waals surface area (Å²) in [5, 5.41) is 6.04. The number of aromatic nitrogens is 1.